The van der Waals surface area contributed by atoms with Crippen LogP contribution in [0.4, 0.5) is 11.4 Å². The molecular formula is C13H11N3O. The molecule has 0 unspecified atom stereocenters. The van der Waals surface area contributed by atoms with E-state index < -0.39 is 5.91 Å². The summed E-state index contributed by atoms with van der Waals surface area (Å²) in [7, 11) is 0. The van der Waals surface area contributed by atoms with Crippen molar-refractivity contribution < 1.29 is 4.79 Å². The fraction of sp³-hybridized carbons (Fsp3) is 0. The molecule has 0 bridgehead atoms. The summed E-state index contributed by atoms with van der Waals surface area (Å²) in [5, 5.41) is 3.16. The summed E-state index contributed by atoms with van der Waals surface area (Å²) < 4.78 is 0. The predicted molar refractivity (Wildman–Crippen MR) is 67.4 cm³/mol. The SMILES string of the molecule is NC(=O)c1ccc2c(c1)NC=C1C=CC=CN12. The maximum absolute atomic E-state index is 11.1. The van der Waals surface area contributed by atoms with Crippen molar-refractivity contribution in [3.05, 3.63) is 60.1 Å². The van der Waals surface area contributed by atoms with Crippen LogP contribution in [0.2, 0.25) is 0 Å². The summed E-state index contributed by atoms with van der Waals surface area (Å²) in [6.45, 7) is 0. The summed E-state index contributed by atoms with van der Waals surface area (Å²) in [5.41, 5.74) is 8.71. The van der Waals surface area contributed by atoms with E-state index in [4.69, 9.17) is 5.73 Å². The molecule has 2 aliphatic heterocycles. The van der Waals surface area contributed by atoms with Crippen molar-refractivity contribution in [1.29, 1.82) is 0 Å². The van der Waals surface area contributed by atoms with E-state index in [1.165, 1.54) is 0 Å². The van der Waals surface area contributed by atoms with Gasteiger partial charge in [0.05, 0.1) is 17.1 Å². The van der Waals surface area contributed by atoms with Gasteiger partial charge < -0.3 is 16.0 Å². The van der Waals surface area contributed by atoms with Crippen LogP contribution in [-0.2, 0) is 0 Å². The molecule has 1 aromatic rings. The van der Waals surface area contributed by atoms with E-state index in [1.54, 1.807) is 12.1 Å². The lowest BCUT2D eigenvalue weighted by molar-refractivity contribution is 0.100. The Morgan fingerprint density at radius 3 is 3.00 bits per heavy atom. The fourth-order valence-electron chi connectivity index (χ4n) is 1.96. The van der Waals surface area contributed by atoms with Gasteiger partial charge in [0.25, 0.3) is 0 Å². The number of nitrogens with one attached hydrogen (secondary N) is 1. The number of hydrogen-bond donors (Lipinski definition) is 2. The number of anilines is 2. The maximum Gasteiger partial charge on any atom is 0.248 e. The second-order valence-corrected chi connectivity index (χ2v) is 3.88. The average molecular weight is 225 g/mol. The molecule has 0 fully saturated rings. The molecule has 17 heavy (non-hydrogen) atoms. The zero-order chi connectivity index (χ0) is 11.8. The number of hydrogen-bond acceptors (Lipinski definition) is 3. The van der Waals surface area contributed by atoms with Crippen molar-refractivity contribution >= 4 is 17.3 Å². The molecule has 2 heterocycles. The normalized spacial score (nSPS) is 15.8. The Bertz CT molecular complexity index is 584. The van der Waals surface area contributed by atoms with E-state index in [2.05, 4.69) is 10.2 Å². The highest BCUT2D eigenvalue weighted by atomic mass is 16.1. The Hall–Kier alpha value is -2.49. The van der Waals surface area contributed by atoms with Crippen LogP contribution in [0.25, 0.3) is 0 Å². The Labute approximate surface area is 98.7 Å². The van der Waals surface area contributed by atoms with Crippen molar-refractivity contribution in [1.82, 2.24) is 0 Å². The quantitative estimate of drug-likeness (QED) is 0.768. The van der Waals surface area contributed by atoms with E-state index >= 15 is 0 Å². The van der Waals surface area contributed by atoms with Gasteiger partial charge in [-0.15, -0.1) is 0 Å². The Kier molecular flexibility index (Phi) is 2.01. The number of carbonyl (C=O) groups excluding carboxylic acids is 1. The van der Waals surface area contributed by atoms with Crippen LogP contribution in [0, 0.1) is 0 Å². The molecule has 0 aliphatic carbocycles. The van der Waals surface area contributed by atoms with Gasteiger partial charge in [0.15, 0.2) is 0 Å². The summed E-state index contributed by atoms with van der Waals surface area (Å²) >= 11 is 0. The summed E-state index contributed by atoms with van der Waals surface area (Å²) in [6.07, 6.45) is 9.84. The fourth-order valence-corrected chi connectivity index (χ4v) is 1.96. The number of nitrogens with two attached hydrogens (primary N) is 1. The third kappa shape index (κ3) is 1.50. The predicted octanol–water partition coefficient (Wildman–Crippen LogP) is 1.94. The topological polar surface area (TPSA) is 58.4 Å². The first kappa shape index (κ1) is 9.72. The van der Waals surface area contributed by atoms with Crippen LogP contribution >= 0.6 is 0 Å². The molecule has 0 aromatic heterocycles. The van der Waals surface area contributed by atoms with Crippen molar-refractivity contribution in [2.45, 2.75) is 0 Å². The van der Waals surface area contributed by atoms with Gasteiger partial charge >= 0.3 is 0 Å². The van der Waals surface area contributed by atoms with Crippen LogP contribution in [0.1, 0.15) is 10.4 Å². The number of carbonyl (C=O) groups is 1. The highest BCUT2D eigenvalue weighted by Crippen LogP contribution is 2.35. The molecule has 0 saturated carbocycles. The third-order valence-electron chi connectivity index (χ3n) is 2.81. The zero-order valence-electron chi connectivity index (χ0n) is 9.05. The van der Waals surface area contributed by atoms with Gasteiger partial charge in [-0.25, -0.2) is 0 Å². The molecule has 1 aromatic carbocycles. The lowest BCUT2D eigenvalue weighted by atomic mass is 10.1. The molecule has 0 spiro atoms. The maximum atomic E-state index is 11.1. The number of allylic oxidation sites excluding steroid dienone is 3. The molecule has 0 radical (unpaired) electrons. The van der Waals surface area contributed by atoms with Gasteiger partial charge in [-0.1, -0.05) is 6.08 Å². The number of nitrogens with zero attached hydrogens (tertiary/aromatic N) is 1. The monoisotopic (exact) mass is 225 g/mol. The minimum atomic E-state index is -0.418. The van der Waals surface area contributed by atoms with Gasteiger partial charge in [0.2, 0.25) is 5.91 Å². The molecule has 2 aliphatic rings. The Balaban J connectivity index is 2.08. The first-order chi connectivity index (χ1) is 8.25. The molecule has 3 N–H and O–H groups in total. The number of amides is 1. The summed E-state index contributed by atoms with van der Waals surface area (Å²) in [5.74, 6) is -0.418. The third-order valence-corrected chi connectivity index (χ3v) is 2.81. The minimum absolute atomic E-state index is 0.418. The summed E-state index contributed by atoms with van der Waals surface area (Å²) in [4.78, 5) is 13.2. The van der Waals surface area contributed by atoms with Crippen molar-refractivity contribution in [2.24, 2.45) is 5.73 Å². The van der Waals surface area contributed by atoms with Gasteiger partial charge in [0.1, 0.15) is 0 Å². The zero-order valence-corrected chi connectivity index (χ0v) is 9.05. The average Bonchev–Trinajstić information content (AvgIpc) is 2.38. The largest absolute Gasteiger partial charge is 0.366 e. The minimum Gasteiger partial charge on any atom is -0.366 e. The number of rotatable bonds is 1. The van der Waals surface area contributed by atoms with Gasteiger partial charge in [-0.05, 0) is 30.4 Å². The molecule has 0 saturated heterocycles. The lowest BCUT2D eigenvalue weighted by Gasteiger charge is -2.30. The molecule has 4 heteroatoms. The first-order valence-corrected chi connectivity index (χ1v) is 5.30. The van der Waals surface area contributed by atoms with E-state index in [9.17, 15) is 4.79 Å². The second kappa shape index (κ2) is 3.52. The number of benzene rings is 1. The summed E-state index contributed by atoms with van der Waals surface area (Å²) in [6, 6.07) is 5.38. The molecule has 0 atom stereocenters. The van der Waals surface area contributed by atoms with Crippen LogP contribution in [0.15, 0.2) is 54.5 Å². The van der Waals surface area contributed by atoms with Crippen LogP contribution in [-0.4, -0.2) is 5.91 Å². The van der Waals surface area contributed by atoms with Crippen LogP contribution in [0.5, 0.6) is 0 Å². The van der Waals surface area contributed by atoms with Crippen molar-refractivity contribution in [3.8, 4) is 0 Å². The van der Waals surface area contributed by atoms with Gasteiger partial charge in [-0.2, -0.15) is 0 Å². The van der Waals surface area contributed by atoms with E-state index in [-0.39, 0.29) is 0 Å². The molecule has 3 rings (SSSR count). The Morgan fingerprint density at radius 2 is 2.18 bits per heavy atom. The van der Waals surface area contributed by atoms with Crippen molar-refractivity contribution in [2.75, 3.05) is 10.2 Å². The van der Waals surface area contributed by atoms with Crippen LogP contribution < -0.4 is 16.0 Å². The van der Waals surface area contributed by atoms with Crippen LogP contribution in [0.3, 0.4) is 0 Å². The standard InChI is InChI=1S/C13H11N3O/c14-13(17)9-4-5-12-11(7-9)15-8-10-3-1-2-6-16(10)12/h1-8,15H,(H2,14,17). The smallest absolute Gasteiger partial charge is 0.248 e. The van der Waals surface area contributed by atoms with Gasteiger partial charge in [-0.3, -0.25) is 4.79 Å². The van der Waals surface area contributed by atoms with Crippen molar-refractivity contribution in [3.63, 3.8) is 0 Å². The van der Waals surface area contributed by atoms with E-state index in [0.717, 1.165) is 17.1 Å². The number of fused-ring (bicyclic) bond motifs is 3. The molecular weight excluding hydrogens is 214 g/mol. The van der Waals surface area contributed by atoms with E-state index in [1.807, 2.05) is 36.7 Å². The second-order valence-electron chi connectivity index (χ2n) is 3.88. The first-order valence-electron chi connectivity index (χ1n) is 5.30. The number of primary amides is 1. The molecule has 84 valence electrons. The van der Waals surface area contributed by atoms with Gasteiger partial charge in [0, 0.05) is 18.0 Å². The Morgan fingerprint density at radius 1 is 1.29 bits per heavy atom. The molecule has 1 amide bonds. The lowest BCUT2D eigenvalue weighted by Crippen LogP contribution is -2.22. The molecule has 4 nitrogen and oxygen atoms in total. The van der Waals surface area contributed by atoms with E-state index in [0.29, 0.717) is 5.56 Å². The highest BCUT2D eigenvalue weighted by molar-refractivity contribution is 5.96. The highest BCUT2D eigenvalue weighted by Gasteiger charge is 2.18.